The maximum atomic E-state index is 12.1. The molecule has 4 N–H and O–H groups in total. The van der Waals surface area contributed by atoms with Crippen LogP contribution in [0, 0.1) is 13.8 Å². The summed E-state index contributed by atoms with van der Waals surface area (Å²) in [7, 11) is 1.56. The van der Waals surface area contributed by atoms with Crippen molar-refractivity contribution in [3.05, 3.63) is 47.5 Å². The Hall–Kier alpha value is -2.69. The number of hydrogen-bond donors (Lipinski definition) is 3. The van der Waals surface area contributed by atoms with Crippen LogP contribution < -0.4 is 21.1 Å². The van der Waals surface area contributed by atoms with Crippen molar-refractivity contribution in [3.8, 4) is 5.75 Å². The van der Waals surface area contributed by atoms with Gasteiger partial charge in [-0.05, 0) is 43.2 Å². The van der Waals surface area contributed by atoms with Crippen LogP contribution in [0.2, 0.25) is 0 Å². The van der Waals surface area contributed by atoms with Gasteiger partial charge >= 0.3 is 6.03 Å². The Morgan fingerprint density at radius 3 is 2.52 bits per heavy atom. The zero-order valence-corrected chi connectivity index (χ0v) is 12.4. The Morgan fingerprint density at radius 1 is 1.10 bits per heavy atom. The molecule has 0 saturated carbocycles. The Balaban J connectivity index is 2.18. The number of amides is 2. The summed E-state index contributed by atoms with van der Waals surface area (Å²) < 4.78 is 5.20. The third-order valence-electron chi connectivity index (χ3n) is 3.36. The van der Waals surface area contributed by atoms with Crippen LogP contribution in [-0.2, 0) is 0 Å². The molecule has 0 aliphatic carbocycles. The fourth-order valence-corrected chi connectivity index (χ4v) is 2.02. The molecule has 0 saturated heterocycles. The van der Waals surface area contributed by atoms with Gasteiger partial charge < -0.3 is 21.1 Å². The van der Waals surface area contributed by atoms with Gasteiger partial charge in [-0.15, -0.1) is 0 Å². The second kappa shape index (κ2) is 6.17. The molecule has 0 radical (unpaired) electrons. The number of hydrogen-bond acceptors (Lipinski definition) is 3. The van der Waals surface area contributed by atoms with Gasteiger partial charge in [0, 0.05) is 0 Å². The third-order valence-corrected chi connectivity index (χ3v) is 3.36. The lowest BCUT2D eigenvalue weighted by molar-refractivity contribution is 0.262. The average molecular weight is 285 g/mol. The average Bonchev–Trinajstić information content (AvgIpc) is 2.48. The van der Waals surface area contributed by atoms with E-state index in [1.807, 2.05) is 32.0 Å². The van der Waals surface area contributed by atoms with E-state index in [-0.39, 0.29) is 6.03 Å². The molecule has 2 rings (SSSR count). The van der Waals surface area contributed by atoms with Crippen molar-refractivity contribution in [2.24, 2.45) is 0 Å². The molecule has 110 valence electrons. The van der Waals surface area contributed by atoms with Crippen molar-refractivity contribution in [2.75, 3.05) is 23.5 Å². The predicted molar refractivity (Wildman–Crippen MR) is 86.0 cm³/mol. The number of carbonyl (C=O) groups is 1. The van der Waals surface area contributed by atoms with Gasteiger partial charge in [0.2, 0.25) is 0 Å². The van der Waals surface area contributed by atoms with E-state index in [2.05, 4.69) is 10.6 Å². The summed E-state index contributed by atoms with van der Waals surface area (Å²) in [6.07, 6.45) is 0. The van der Waals surface area contributed by atoms with Crippen molar-refractivity contribution in [1.82, 2.24) is 0 Å². The molecule has 0 aromatic heterocycles. The summed E-state index contributed by atoms with van der Waals surface area (Å²) in [6, 6.07) is 10.6. The number of methoxy groups -OCH3 is 1. The van der Waals surface area contributed by atoms with E-state index in [0.717, 1.165) is 11.1 Å². The highest BCUT2D eigenvalue weighted by Gasteiger charge is 2.11. The molecule has 0 spiro atoms. The summed E-state index contributed by atoms with van der Waals surface area (Å²) in [6.45, 7) is 3.89. The van der Waals surface area contributed by atoms with E-state index >= 15 is 0 Å². The van der Waals surface area contributed by atoms with E-state index in [4.69, 9.17) is 10.5 Å². The molecule has 0 fully saturated rings. The highest BCUT2D eigenvalue weighted by atomic mass is 16.5. The van der Waals surface area contributed by atoms with E-state index in [0.29, 0.717) is 22.8 Å². The minimum atomic E-state index is -0.361. The minimum absolute atomic E-state index is 0.361. The number of anilines is 3. The van der Waals surface area contributed by atoms with Gasteiger partial charge in [0.15, 0.2) is 0 Å². The van der Waals surface area contributed by atoms with Crippen LogP contribution in [0.25, 0.3) is 0 Å². The Kier molecular flexibility index (Phi) is 4.33. The van der Waals surface area contributed by atoms with Gasteiger partial charge in [-0.25, -0.2) is 4.79 Å². The number of nitrogens with two attached hydrogens (primary N) is 1. The zero-order valence-electron chi connectivity index (χ0n) is 12.4. The van der Waals surface area contributed by atoms with Crippen molar-refractivity contribution >= 4 is 23.1 Å². The first kappa shape index (κ1) is 14.7. The summed E-state index contributed by atoms with van der Waals surface area (Å²) >= 11 is 0. The lowest BCUT2D eigenvalue weighted by Gasteiger charge is -2.15. The maximum Gasteiger partial charge on any atom is 0.323 e. The molecule has 5 nitrogen and oxygen atoms in total. The molecule has 0 aliphatic rings. The second-order valence-corrected chi connectivity index (χ2v) is 4.75. The maximum absolute atomic E-state index is 12.1. The molecular formula is C16H19N3O2. The molecule has 0 aliphatic heterocycles. The first-order valence-corrected chi connectivity index (χ1v) is 6.59. The monoisotopic (exact) mass is 285 g/mol. The predicted octanol–water partition coefficient (Wildman–Crippen LogP) is 3.54. The van der Waals surface area contributed by atoms with Crippen LogP contribution in [-0.4, -0.2) is 13.1 Å². The number of ether oxygens (including phenoxy) is 1. The number of rotatable bonds is 3. The molecule has 21 heavy (non-hydrogen) atoms. The Morgan fingerprint density at radius 2 is 1.81 bits per heavy atom. The molecule has 2 aromatic carbocycles. The van der Waals surface area contributed by atoms with Gasteiger partial charge in [-0.2, -0.15) is 0 Å². The number of aryl methyl sites for hydroxylation is 1. The number of nitrogens with one attached hydrogen (secondary N) is 2. The molecule has 5 heteroatoms. The normalized spacial score (nSPS) is 10.0. The summed E-state index contributed by atoms with van der Waals surface area (Å²) in [4.78, 5) is 12.1. The van der Waals surface area contributed by atoms with Crippen molar-refractivity contribution < 1.29 is 9.53 Å². The smallest absolute Gasteiger partial charge is 0.323 e. The SMILES string of the molecule is COc1ccccc1NC(=O)Nc1c(N)ccc(C)c1C. The lowest BCUT2D eigenvalue weighted by Crippen LogP contribution is -2.21. The van der Waals surface area contributed by atoms with E-state index < -0.39 is 0 Å². The molecule has 0 heterocycles. The van der Waals surface area contributed by atoms with Crippen LogP contribution >= 0.6 is 0 Å². The summed E-state index contributed by atoms with van der Waals surface area (Å²) in [5, 5.41) is 5.54. The van der Waals surface area contributed by atoms with Crippen LogP contribution in [0.3, 0.4) is 0 Å². The van der Waals surface area contributed by atoms with Crippen LogP contribution in [0.4, 0.5) is 21.9 Å². The van der Waals surface area contributed by atoms with Crippen molar-refractivity contribution in [3.63, 3.8) is 0 Å². The third kappa shape index (κ3) is 3.25. The summed E-state index contributed by atoms with van der Waals surface area (Å²) in [5.74, 6) is 0.599. The van der Waals surface area contributed by atoms with Gasteiger partial charge in [0.1, 0.15) is 5.75 Å². The number of carbonyl (C=O) groups excluding carboxylic acids is 1. The van der Waals surface area contributed by atoms with Gasteiger partial charge in [-0.3, -0.25) is 0 Å². The van der Waals surface area contributed by atoms with Crippen molar-refractivity contribution in [1.29, 1.82) is 0 Å². The molecule has 0 unspecified atom stereocenters. The minimum Gasteiger partial charge on any atom is -0.495 e. The number of nitrogen functional groups attached to an aromatic ring is 1. The largest absolute Gasteiger partial charge is 0.495 e. The zero-order chi connectivity index (χ0) is 15.4. The Labute approximate surface area is 124 Å². The molecule has 2 amide bonds. The van der Waals surface area contributed by atoms with Crippen LogP contribution in [0.5, 0.6) is 5.75 Å². The second-order valence-electron chi connectivity index (χ2n) is 4.75. The van der Waals surface area contributed by atoms with Gasteiger partial charge in [0.25, 0.3) is 0 Å². The standard InChI is InChI=1S/C16H19N3O2/c1-10-8-9-12(17)15(11(10)2)19-16(20)18-13-6-4-5-7-14(13)21-3/h4-9H,17H2,1-3H3,(H2,18,19,20). The quantitative estimate of drug-likeness (QED) is 0.755. The number of benzene rings is 2. The fourth-order valence-electron chi connectivity index (χ4n) is 2.02. The highest BCUT2D eigenvalue weighted by molar-refractivity contribution is 6.03. The molecule has 2 aromatic rings. The van der Waals surface area contributed by atoms with Gasteiger partial charge in [-0.1, -0.05) is 18.2 Å². The number of urea groups is 1. The summed E-state index contributed by atoms with van der Waals surface area (Å²) in [5.41, 5.74) is 9.70. The van der Waals surface area contributed by atoms with Gasteiger partial charge in [0.05, 0.1) is 24.2 Å². The van der Waals surface area contributed by atoms with E-state index in [1.54, 1.807) is 25.3 Å². The molecule has 0 atom stereocenters. The van der Waals surface area contributed by atoms with Crippen LogP contribution in [0.15, 0.2) is 36.4 Å². The fraction of sp³-hybridized carbons (Fsp3) is 0.188. The number of para-hydroxylation sites is 2. The molecule has 0 bridgehead atoms. The topological polar surface area (TPSA) is 76.4 Å². The first-order chi connectivity index (χ1) is 10.0. The first-order valence-electron chi connectivity index (χ1n) is 6.59. The van der Waals surface area contributed by atoms with Crippen molar-refractivity contribution in [2.45, 2.75) is 13.8 Å². The van der Waals surface area contributed by atoms with E-state index in [9.17, 15) is 4.79 Å². The highest BCUT2D eigenvalue weighted by Crippen LogP contribution is 2.27. The molecular weight excluding hydrogens is 266 g/mol. The van der Waals surface area contributed by atoms with Crippen LogP contribution in [0.1, 0.15) is 11.1 Å². The Bertz CT molecular complexity index is 669. The lowest BCUT2D eigenvalue weighted by atomic mass is 10.1. The van der Waals surface area contributed by atoms with E-state index in [1.165, 1.54) is 0 Å².